The molecule has 1 atom stereocenters. The number of halogens is 2. The number of rotatable bonds is 4. The third-order valence-electron chi connectivity index (χ3n) is 2.53. The molecule has 2 heterocycles. The highest BCUT2D eigenvalue weighted by atomic mass is 79.9. The van der Waals surface area contributed by atoms with Crippen LogP contribution in [0.25, 0.3) is 0 Å². The van der Waals surface area contributed by atoms with Crippen molar-refractivity contribution in [1.29, 1.82) is 0 Å². The van der Waals surface area contributed by atoms with Crippen molar-refractivity contribution in [3.05, 3.63) is 19.8 Å². The Morgan fingerprint density at radius 2 is 2.44 bits per heavy atom. The summed E-state index contributed by atoms with van der Waals surface area (Å²) in [5.74, 6) is 1.91. The van der Waals surface area contributed by atoms with E-state index in [1.807, 2.05) is 17.8 Å². The highest BCUT2D eigenvalue weighted by Crippen LogP contribution is 2.32. The summed E-state index contributed by atoms with van der Waals surface area (Å²) >= 11 is 12.7. The second-order valence-electron chi connectivity index (χ2n) is 3.96. The van der Waals surface area contributed by atoms with Crippen LogP contribution in [0.4, 0.5) is 0 Å². The molecule has 6 heteroatoms. The van der Waals surface area contributed by atoms with Crippen LogP contribution < -0.4 is 5.32 Å². The lowest BCUT2D eigenvalue weighted by Gasteiger charge is -2.21. The molecule has 1 aliphatic rings. The molecule has 1 fully saturated rings. The Bertz CT molecular complexity index is 346. The van der Waals surface area contributed by atoms with Crippen molar-refractivity contribution < 1.29 is 5.11 Å². The molecule has 2 N–H and O–H groups in total. The second kappa shape index (κ2) is 5.59. The van der Waals surface area contributed by atoms with Crippen LogP contribution in [0.2, 0.25) is 4.34 Å². The van der Waals surface area contributed by atoms with Gasteiger partial charge in [0.1, 0.15) is 4.34 Å². The van der Waals surface area contributed by atoms with E-state index >= 15 is 0 Å². The molecule has 0 spiro atoms. The lowest BCUT2D eigenvalue weighted by Crippen LogP contribution is -2.40. The molecular weight excluding hydrogens is 330 g/mol. The molecular formula is C10H13BrClNOS2. The van der Waals surface area contributed by atoms with Crippen LogP contribution in [-0.4, -0.2) is 28.8 Å². The van der Waals surface area contributed by atoms with Crippen molar-refractivity contribution in [1.82, 2.24) is 5.32 Å². The first-order chi connectivity index (χ1) is 7.59. The number of thioether (sulfide) groups is 1. The van der Waals surface area contributed by atoms with Gasteiger partial charge in [0.25, 0.3) is 0 Å². The summed E-state index contributed by atoms with van der Waals surface area (Å²) < 4.78 is 1.73. The van der Waals surface area contributed by atoms with Gasteiger partial charge >= 0.3 is 0 Å². The van der Waals surface area contributed by atoms with Crippen LogP contribution >= 0.6 is 50.6 Å². The molecule has 16 heavy (non-hydrogen) atoms. The normalized spacial score (nSPS) is 25.2. The highest BCUT2D eigenvalue weighted by Gasteiger charge is 2.30. The molecule has 2 rings (SSSR count). The first-order valence-corrected chi connectivity index (χ1v) is 8.18. The van der Waals surface area contributed by atoms with Crippen LogP contribution in [-0.2, 0) is 6.54 Å². The Hall–Kier alpha value is 0.740. The van der Waals surface area contributed by atoms with Gasteiger partial charge in [-0.3, -0.25) is 0 Å². The van der Waals surface area contributed by atoms with Gasteiger partial charge in [-0.05, 0) is 34.2 Å². The molecule has 0 aromatic carbocycles. The van der Waals surface area contributed by atoms with E-state index in [0.29, 0.717) is 6.54 Å². The molecule has 1 aromatic rings. The SMILES string of the molecule is O[C@]1(CNCc2cc(Br)c(Cl)s2)CCSC1. The molecule has 0 unspecified atom stereocenters. The minimum atomic E-state index is -0.511. The van der Waals surface area contributed by atoms with Crippen molar-refractivity contribution in [2.75, 3.05) is 18.1 Å². The third-order valence-corrected chi connectivity index (χ3v) is 6.24. The van der Waals surface area contributed by atoms with Gasteiger partial charge in [0.2, 0.25) is 0 Å². The van der Waals surface area contributed by atoms with Crippen molar-refractivity contribution in [2.24, 2.45) is 0 Å². The zero-order valence-corrected chi connectivity index (χ0v) is 12.6. The number of nitrogens with one attached hydrogen (secondary N) is 1. The van der Waals surface area contributed by atoms with Crippen LogP contribution in [0.5, 0.6) is 0 Å². The summed E-state index contributed by atoms with van der Waals surface area (Å²) in [6, 6.07) is 2.02. The molecule has 90 valence electrons. The van der Waals surface area contributed by atoms with Crippen LogP contribution in [0, 0.1) is 0 Å². The maximum absolute atomic E-state index is 10.1. The largest absolute Gasteiger partial charge is 0.388 e. The van der Waals surface area contributed by atoms with Gasteiger partial charge < -0.3 is 10.4 Å². The minimum absolute atomic E-state index is 0.511. The Kier molecular flexibility index (Phi) is 4.60. The molecule has 1 aliphatic heterocycles. The number of hydrogen-bond acceptors (Lipinski definition) is 4. The first-order valence-electron chi connectivity index (χ1n) is 5.04. The summed E-state index contributed by atoms with van der Waals surface area (Å²) in [5, 5.41) is 13.4. The fraction of sp³-hybridized carbons (Fsp3) is 0.600. The Balaban J connectivity index is 1.79. The van der Waals surface area contributed by atoms with Crippen LogP contribution in [0.3, 0.4) is 0 Å². The topological polar surface area (TPSA) is 32.3 Å². The summed E-state index contributed by atoms with van der Waals surface area (Å²) in [7, 11) is 0. The average Bonchev–Trinajstić information content (AvgIpc) is 2.76. The van der Waals surface area contributed by atoms with Gasteiger partial charge in [-0.1, -0.05) is 11.6 Å². The van der Waals surface area contributed by atoms with Gasteiger partial charge in [-0.2, -0.15) is 11.8 Å². The lowest BCUT2D eigenvalue weighted by atomic mass is 10.0. The molecule has 0 amide bonds. The van der Waals surface area contributed by atoms with Gasteiger partial charge in [0.05, 0.1) is 5.60 Å². The summed E-state index contributed by atoms with van der Waals surface area (Å²) in [6.07, 6.45) is 0.888. The fourth-order valence-electron chi connectivity index (χ4n) is 1.63. The zero-order chi connectivity index (χ0) is 11.6. The maximum atomic E-state index is 10.1. The molecule has 1 aromatic heterocycles. The quantitative estimate of drug-likeness (QED) is 0.882. The van der Waals surface area contributed by atoms with Crippen LogP contribution in [0.1, 0.15) is 11.3 Å². The number of thiophene rings is 1. The predicted octanol–water partition coefficient (Wildman–Crippen LogP) is 3.12. The van der Waals surface area contributed by atoms with Gasteiger partial charge in [0, 0.05) is 28.2 Å². The van der Waals surface area contributed by atoms with Crippen molar-refractivity contribution >= 4 is 50.6 Å². The van der Waals surface area contributed by atoms with E-state index in [2.05, 4.69) is 21.2 Å². The molecule has 0 aliphatic carbocycles. The van der Waals surface area contributed by atoms with Gasteiger partial charge in [-0.25, -0.2) is 0 Å². The number of hydrogen-bond donors (Lipinski definition) is 2. The van der Waals surface area contributed by atoms with E-state index in [-0.39, 0.29) is 0 Å². The van der Waals surface area contributed by atoms with E-state index in [1.54, 1.807) is 11.3 Å². The van der Waals surface area contributed by atoms with Gasteiger partial charge in [0.15, 0.2) is 0 Å². The van der Waals surface area contributed by atoms with Crippen molar-refractivity contribution in [2.45, 2.75) is 18.6 Å². The standard InChI is InChI=1S/C10H13BrClNOS2/c11-8-3-7(16-9(8)12)4-13-5-10(14)1-2-15-6-10/h3,13-14H,1-2,4-6H2/t10-/m0/s1. The van der Waals surface area contributed by atoms with Crippen molar-refractivity contribution in [3.63, 3.8) is 0 Å². The van der Waals surface area contributed by atoms with Crippen molar-refractivity contribution in [3.8, 4) is 0 Å². The highest BCUT2D eigenvalue weighted by molar-refractivity contribution is 9.10. The fourth-order valence-corrected chi connectivity index (χ4v) is 4.69. The maximum Gasteiger partial charge on any atom is 0.107 e. The summed E-state index contributed by atoms with van der Waals surface area (Å²) in [5.41, 5.74) is -0.511. The Morgan fingerprint density at radius 3 is 3.00 bits per heavy atom. The first kappa shape index (κ1) is 13.2. The van der Waals surface area contributed by atoms with E-state index in [4.69, 9.17) is 11.6 Å². The van der Waals surface area contributed by atoms with E-state index in [0.717, 1.165) is 33.3 Å². The smallest absolute Gasteiger partial charge is 0.107 e. The predicted molar refractivity (Wildman–Crippen MR) is 75.6 cm³/mol. The Labute approximate surface area is 117 Å². The molecule has 2 nitrogen and oxygen atoms in total. The summed E-state index contributed by atoms with van der Waals surface area (Å²) in [4.78, 5) is 1.19. The second-order valence-corrected chi connectivity index (χ2v) is 7.66. The van der Waals surface area contributed by atoms with E-state index in [9.17, 15) is 5.11 Å². The van der Waals surface area contributed by atoms with E-state index in [1.165, 1.54) is 4.88 Å². The van der Waals surface area contributed by atoms with Crippen LogP contribution in [0.15, 0.2) is 10.5 Å². The molecule has 0 saturated carbocycles. The molecule has 0 bridgehead atoms. The monoisotopic (exact) mass is 341 g/mol. The summed E-state index contributed by atoms with van der Waals surface area (Å²) in [6.45, 7) is 1.43. The average molecular weight is 343 g/mol. The molecule has 1 saturated heterocycles. The molecule has 0 radical (unpaired) electrons. The third kappa shape index (κ3) is 3.37. The Morgan fingerprint density at radius 1 is 1.62 bits per heavy atom. The number of aliphatic hydroxyl groups is 1. The van der Waals surface area contributed by atoms with E-state index < -0.39 is 5.60 Å². The zero-order valence-electron chi connectivity index (χ0n) is 8.63. The van der Waals surface area contributed by atoms with Gasteiger partial charge in [-0.15, -0.1) is 11.3 Å². The minimum Gasteiger partial charge on any atom is -0.388 e. The lowest BCUT2D eigenvalue weighted by molar-refractivity contribution is 0.0675.